The van der Waals surface area contributed by atoms with Gasteiger partial charge in [0.2, 0.25) is 0 Å². The molecule has 2 nitrogen and oxygen atoms in total. The number of hydrogen-bond donors (Lipinski definition) is 2. The second-order valence-corrected chi connectivity index (χ2v) is 8.34. The monoisotopic (exact) mass is 442 g/mol. The molecule has 0 bridgehead atoms. The predicted molar refractivity (Wildman–Crippen MR) is 138 cm³/mol. The van der Waals surface area contributed by atoms with Crippen LogP contribution < -0.4 is 0 Å². The molecule has 2 atom stereocenters. The van der Waals surface area contributed by atoms with Crippen LogP contribution in [0.25, 0.3) is 22.3 Å². The molecule has 166 valence electrons. The van der Waals surface area contributed by atoms with Crippen LogP contribution in [0, 0.1) is 0 Å². The Balaban J connectivity index is 0.000000169. The minimum atomic E-state index is -0.717. The van der Waals surface area contributed by atoms with Crippen molar-refractivity contribution in [2.24, 2.45) is 0 Å². The first-order chi connectivity index (χ1) is 16.7. The highest BCUT2D eigenvalue weighted by Crippen LogP contribution is 2.44. The van der Waals surface area contributed by atoms with Crippen LogP contribution >= 0.6 is 0 Å². The number of rotatable bonds is 2. The number of fused-ring (bicyclic) bond motifs is 2. The van der Waals surface area contributed by atoms with Gasteiger partial charge in [-0.05, 0) is 44.5 Å². The van der Waals surface area contributed by atoms with Crippen LogP contribution in [0.1, 0.15) is 34.5 Å². The molecule has 0 saturated heterocycles. The fraction of sp³-hybridized carbons (Fsp3) is 0.0625. The molecule has 0 saturated carbocycles. The maximum Gasteiger partial charge on any atom is 0.105 e. The number of benzene rings is 5. The van der Waals surface area contributed by atoms with E-state index in [-0.39, 0.29) is 0 Å². The van der Waals surface area contributed by atoms with E-state index in [1.165, 1.54) is 11.1 Å². The van der Waals surface area contributed by atoms with Gasteiger partial charge >= 0.3 is 0 Å². The molecule has 0 fully saturated rings. The molecule has 6 rings (SSSR count). The second kappa shape index (κ2) is 9.88. The van der Waals surface area contributed by atoms with Crippen LogP contribution in [0.5, 0.6) is 0 Å². The average molecular weight is 443 g/mol. The van der Waals surface area contributed by atoms with Gasteiger partial charge in [0.05, 0.1) is 0 Å². The molecule has 5 aromatic carbocycles. The molecule has 1 aliphatic carbocycles. The van der Waals surface area contributed by atoms with E-state index in [1.807, 2.05) is 84.9 Å². The largest absolute Gasteiger partial charge is 0.384 e. The second-order valence-electron chi connectivity index (χ2n) is 8.34. The van der Waals surface area contributed by atoms with Gasteiger partial charge in [-0.3, -0.25) is 0 Å². The highest BCUT2D eigenvalue weighted by Gasteiger charge is 2.31. The van der Waals surface area contributed by atoms with Gasteiger partial charge in [0, 0.05) is 0 Å². The Hall–Kier alpha value is -3.98. The van der Waals surface area contributed by atoms with Crippen molar-refractivity contribution in [1.82, 2.24) is 0 Å². The van der Waals surface area contributed by atoms with Crippen LogP contribution in [0.15, 0.2) is 133 Å². The maximum atomic E-state index is 10.9. The van der Waals surface area contributed by atoms with Crippen molar-refractivity contribution in [3.05, 3.63) is 156 Å². The van der Waals surface area contributed by atoms with E-state index < -0.39 is 12.2 Å². The Labute approximate surface area is 200 Å². The van der Waals surface area contributed by atoms with Crippen molar-refractivity contribution in [2.45, 2.75) is 12.2 Å². The Morgan fingerprint density at radius 2 is 0.765 bits per heavy atom. The minimum Gasteiger partial charge on any atom is -0.384 e. The summed E-state index contributed by atoms with van der Waals surface area (Å²) in [5, 5.41) is 21.6. The molecule has 0 amide bonds. The normalized spacial score (nSPS) is 15.9. The van der Waals surface area contributed by atoms with Crippen molar-refractivity contribution in [3.63, 3.8) is 0 Å². The Kier molecular flexibility index (Phi) is 6.35. The number of hydrogen-bond acceptors (Lipinski definition) is 2. The van der Waals surface area contributed by atoms with Crippen LogP contribution in [-0.4, -0.2) is 10.2 Å². The summed E-state index contributed by atoms with van der Waals surface area (Å²) in [4.78, 5) is 0. The molecule has 2 unspecified atom stereocenters. The molecular formula is C32H26O2. The quantitative estimate of drug-likeness (QED) is 0.304. The van der Waals surface area contributed by atoms with E-state index in [1.54, 1.807) is 0 Å². The molecule has 5 aromatic rings. The Bertz CT molecular complexity index is 1320. The third-order valence-electron chi connectivity index (χ3n) is 6.26. The highest BCUT2D eigenvalue weighted by molar-refractivity contribution is 5.72. The van der Waals surface area contributed by atoms with Crippen molar-refractivity contribution in [3.8, 4) is 22.3 Å². The Morgan fingerprint density at radius 1 is 0.353 bits per heavy atom. The van der Waals surface area contributed by atoms with Crippen molar-refractivity contribution in [2.75, 3.05) is 0 Å². The summed E-state index contributed by atoms with van der Waals surface area (Å²) in [5.41, 5.74) is 7.73. The van der Waals surface area contributed by atoms with Gasteiger partial charge in [-0.25, -0.2) is 0 Å². The zero-order valence-corrected chi connectivity index (χ0v) is 18.8. The molecule has 2 N–H and O–H groups in total. The van der Waals surface area contributed by atoms with Crippen LogP contribution in [0.2, 0.25) is 0 Å². The number of aliphatic hydroxyl groups is 2. The molecule has 2 heteroatoms. The van der Waals surface area contributed by atoms with E-state index in [9.17, 15) is 10.2 Å². The smallest absolute Gasteiger partial charge is 0.105 e. The zero-order valence-electron chi connectivity index (χ0n) is 18.8. The van der Waals surface area contributed by atoms with E-state index in [4.69, 9.17) is 0 Å². The lowest BCUT2D eigenvalue weighted by Gasteiger charge is -2.30. The third-order valence-corrected chi connectivity index (χ3v) is 6.26. The fourth-order valence-electron chi connectivity index (χ4n) is 4.59. The summed E-state index contributed by atoms with van der Waals surface area (Å²) >= 11 is 0. The molecule has 1 aliphatic rings. The number of aliphatic hydroxyl groups excluding tert-OH is 2. The van der Waals surface area contributed by atoms with Gasteiger partial charge in [0.25, 0.3) is 0 Å². The van der Waals surface area contributed by atoms with Gasteiger partial charge in [0.15, 0.2) is 0 Å². The molecule has 0 heterocycles. The molecule has 0 spiro atoms. The summed E-state index contributed by atoms with van der Waals surface area (Å²) in [6.45, 7) is 0. The maximum absolute atomic E-state index is 10.9. The van der Waals surface area contributed by atoms with E-state index in [2.05, 4.69) is 48.5 Å². The van der Waals surface area contributed by atoms with Crippen molar-refractivity contribution < 1.29 is 10.2 Å². The van der Waals surface area contributed by atoms with Crippen LogP contribution in [0.3, 0.4) is 0 Å². The summed E-state index contributed by atoms with van der Waals surface area (Å²) in [6.07, 6.45) is -1.41. The molecule has 34 heavy (non-hydrogen) atoms. The summed E-state index contributed by atoms with van der Waals surface area (Å²) in [6, 6.07) is 44.1. The lowest BCUT2D eigenvalue weighted by molar-refractivity contribution is 0.174. The average Bonchev–Trinajstić information content (AvgIpc) is 2.93. The van der Waals surface area contributed by atoms with Crippen LogP contribution in [0.4, 0.5) is 0 Å². The minimum absolute atomic E-state index is 0.696. The predicted octanol–water partition coefficient (Wildman–Crippen LogP) is 7.18. The third kappa shape index (κ3) is 4.29. The lowest BCUT2D eigenvalue weighted by Crippen LogP contribution is -2.18. The summed E-state index contributed by atoms with van der Waals surface area (Å²) in [5.74, 6) is 0. The van der Waals surface area contributed by atoms with Gasteiger partial charge in [-0.15, -0.1) is 0 Å². The van der Waals surface area contributed by atoms with Gasteiger partial charge < -0.3 is 10.2 Å². The van der Waals surface area contributed by atoms with Crippen molar-refractivity contribution >= 4 is 0 Å². The van der Waals surface area contributed by atoms with Gasteiger partial charge in [-0.1, -0.05) is 133 Å². The molecule has 0 aromatic heterocycles. The molecule has 0 aliphatic heterocycles. The van der Waals surface area contributed by atoms with E-state index >= 15 is 0 Å². The zero-order chi connectivity index (χ0) is 23.3. The fourth-order valence-corrected chi connectivity index (χ4v) is 4.59. The van der Waals surface area contributed by atoms with Gasteiger partial charge in [-0.2, -0.15) is 0 Å². The topological polar surface area (TPSA) is 40.5 Å². The van der Waals surface area contributed by atoms with E-state index in [0.717, 1.165) is 33.4 Å². The standard InChI is InChI=1S/C20H16O2.C12H10/c21-19-15-9-4-5-10-16(15)20(22)18-14(11-6-12-17(18)19)13-7-2-1-3-8-13;1-3-7-11(8-4-1)12-9-5-2-6-10-12/h1-12,19-22H;1-10H. The summed E-state index contributed by atoms with van der Waals surface area (Å²) < 4.78 is 0. The highest BCUT2D eigenvalue weighted by atomic mass is 16.3. The summed E-state index contributed by atoms with van der Waals surface area (Å²) in [7, 11) is 0. The van der Waals surface area contributed by atoms with Crippen molar-refractivity contribution in [1.29, 1.82) is 0 Å². The molecule has 0 radical (unpaired) electrons. The van der Waals surface area contributed by atoms with Gasteiger partial charge in [0.1, 0.15) is 12.2 Å². The van der Waals surface area contributed by atoms with E-state index in [0.29, 0.717) is 0 Å². The Morgan fingerprint density at radius 3 is 1.29 bits per heavy atom. The SMILES string of the molecule is OC1c2ccccc2C(O)c2c(-c3ccccc3)cccc21.c1ccc(-c2ccccc2)cc1. The lowest BCUT2D eigenvalue weighted by atomic mass is 9.79. The molecular weight excluding hydrogens is 416 g/mol. The van der Waals surface area contributed by atoms with Crippen LogP contribution in [-0.2, 0) is 0 Å². The first-order valence-corrected chi connectivity index (χ1v) is 11.5. The first-order valence-electron chi connectivity index (χ1n) is 11.5. The first kappa shape index (κ1) is 21.8.